The van der Waals surface area contributed by atoms with E-state index < -0.39 is 0 Å². The van der Waals surface area contributed by atoms with E-state index in [1.54, 1.807) is 13.2 Å². The zero-order valence-electron chi connectivity index (χ0n) is 14.5. The molecule has 0 radical (unpaired) electrons. The minimum atomic E-state index is 0.00756. The van der Waals surface area contributed by atoms with Crippen LogP contribution >= 0.6 is 15.9 Å². The highest BCUT2D eigenvalue weighted by Gasteiger charge is 2.32. The van der Waals surface area contributed by atoms with E-state index >= 15 is 0 Å². The van der Waals surface area contributed by atoms with Crippen molar-refractivity contribution in [1.29, 1.82) is 0 Å². The molecule has 1 amide bonds. The Balaban J connectivity index is 1.63. The molecule has 1 fully saturated rings. The Hall–Kier alpha value is -2.21. The number of methoxy groups -OCH3 is 1. The highest BCUT2D eigenvalue weighted by atomic mass is 79.9. The quantitative estimate of drug-likeness (QED) is 0.750. The smallest absolute Gasteiger partial charge is 0.255 e. The average Bonchev–Trinajstić information content (AvgIpc) is 3.17. The van der Waals surface area contributed by atoms with Gasteiger partial charge in [0.25, 0.3) is 5.91 Å². The van der Waals surface area contributed by atoms with Crippen molar-refractivity contribution < 1.29 is 19.0 Å². The Labute approximate surface area is 161 Å². The Bertz CT molecular complexity index is 839. The molecule has 2 heterocycles. The lowest BCUT2D eigenvalue weighted by Crippen LogP contribution is -2.31. The van der Waals surface area contributed by atoms with Crippen molar-refractivity contribution in [2.75, 3.05) is 26.9 Å². The number of likely N-dealkylation sites (tertiary alicyclic amines) is 1. The predicted octanol–water partition coefficient (Wildman–Crippen LogP) is 4.21. The lowest BCUT2D eigenvalue weighted by atomic mass is 10.0. The van der Waals surface area contributed by atoms with E-state index in [-0.39, 0.29) is 11.9 Å². The predicted molar refractivity (Wildman–Crippen MR) is 101 cm³/mol. The summed E-state index contributed by atoms with van der Waals surface area (Å²) in [5.74, 6) is 2.21. The van der Waals surface area contributed by atoms with Gasteiger partial charge in [0.15, 0.2) is 11.5 Å². The first-order valence-corrected chi connectivity index (χ1v) is 9.51. The van der Waals surface area contributed by atoms with Gasteiger partial charge in [-0.1, -0.05) is 6.07 Å². The van der Waals surface area contributed by atoms with Crippen LogP contribution in [-0.4, -0.2) is 37.7 Å². The van der Waals surface area contributed by atoms with Gasteiger partial charge >= 0.3 is 0 Å². The summed E-state index contributed by atoms with van der Waals surface area (Å²) in [5.41, 5.74) is 1.70. The number of halogens is 1. The van der Waals surface area contributed by atoms with Gasteiger partial charge < -0.3 is 19.1 Å². The monoisotopic (exact) mass is 417 g/mol. The number of hydrogen-bond acceptors (Lipinski definition) is 4. The summed E-state index contributed by atoms with van der Waals surface area (Å²) in [7, 11) is 1.60. The molecule has 0 aliphatic carbocycles. The minimum Gasteiger partial charge on any atom is -0.497 e. The molecule has 6 heteroatoms. The molecule has 1 atom stereocenters. The van der Waals surface area contributed by atoms with E-state index in [4.69, 9.17) is 14.2 Å². The van der Waals surface area contributed by atoms with Crippen LogP contribution in [0.15, 0.2) is 40.9 Å². The second-order valence-electron chi connectivity index (χ2n) is 6.41. The molecule has 0 saturated carbocycles. The van der Waals surface area contributed by atoms with Gasteiger partial charge in [-0.2, -0.15) is 0 Å². The molecule has 0 aromatic heterocycles. The van der Waals surface area contributed by atoms with E-state index in [1.807, 2.05) is 35.2 Å². The molecule has 26 heavy (non-hydrogen) atoms. The van der Waals surface area contributed by atoms with Crippen LogP contribution in [0.4, 0.5) is 0 Å². The Morgan fingerprint density at radius 1 is 1.15 bits per heavy atom. The van der Waals surface area contributed by atoms with E-state index in [1.165, 1.54) is 0 Å². The van der Waals surface area contributed by atoms with Gasteiger partial charge in [0.2, 0.25) is 0 Å². The summed E-state index contributed by atoms with van der Waals surface area (Å²) in [5, 5.41) is 0. The maximum absolute atomic E-state index is 13.2. The molecule has 1 saturated heterocycles. The first-order valence-electron chi connectivity index (χ1n) is 8.71. The standard InChI is InChI=1S/C20H20BrNO4/c1-24-14-5-6-16(21)15(12-14)20(23)22-8-2-3-17(22)13-4-7-18-19(11-13)26-10-9-25-18/h4-7,11-12,17H,2-3,8-10H2,1H3. The molecule has 0 spiro atoms. The summed E-state index contributed by atoms with van der Waals surface area (Å²) in [6.45, 7) is 1.87. The Morgan fingerprint density at radius 3 is 2.77 bits per heavy atom. The molecular weight excluding hydrogens is 398 g/mol. The zero-order valence-corrected chi connectivity index (χ0v) is 16.1. The first-order chi connectivity index (χ1) is 12.7. The van der Waals surface area contributed by atoms with Crippen molar-refractivity contribution in [2.24, 2.45) is 0 Å². The lowest BCUT2D eigenvalue weighted by Gasteiger charge is -2.27. The Morgan fingerprint density at radius 2 is 1.96 bits per heavy atom. The molecule has 0 bridgehead atoms. The maximum Gasteiger partial charge on any atom is 0.255 e. The van der Waals surface area contributed by atoms with E-state index in [0.29, 0.717) is 24.5 Å². The van der Waals surface area contributed by atoms with Crippen molar-refractivity contribution in [3.05, 3.63) is 52.0 Å². The first kappa shape index (κ1) is 17.2. The molecule has 2 aliphatic rings. The summed E-state index contributed by atoms with van der Waals surface area (Å²) in [4.78, 5) is 15.1. The van der Waals surface area contributed by atoms with Crippen molar-refractivity contribution in [2.45, 2.75) is 18.9 Å². The van der Waals surface area contributed by atoms with Crippen molar-refractivity contribution in [3.8, 4) is 17.2 Å². The fourth-order valence-corrected chi connectivity index (χ4v) is 3.99. The number of nitrogens with zero attached hydrogens (tertiary/aromatic N) is 1. The van der Waals surface area contributed by atoms with Crippen LogP contribution in [0.1, 0.15) is 34.8 Å². The van der Waals surface area contributed by atoms with Crippen LogP contribution in [0.5, 0.6) is 17.2 Å². The molecular formula is C20H20BrNO4. The second-order valence-corrected chi connectivity index (χ2v) is 7.26. The lowest BCUT2D eigenvalue weighted by molar-refractivity contribution is 0.0734. The number of rotatable bonds is 3. The molecule has 2 aromatic rings. The fraction of sp³-hybridized carbons (Fsp3) is 0.350. The highest BCUT2D eigenvalue weighted by Crippen LogP contribution is 2.39. The summed E-state index contributed by atoms with van der Waals surface area (Å²) in [6, 6.07) is 11.5. The molecule has 5 nitrogen and oxygen atoms in total. The van der Waals surface area contributed by atoms with E-state index in [2.05, 4.69) is 15.9 Å². The Kier molecular flexibility index (Phi) is 4.76. The van der Waals surface area contributed by atoms with Gasteiger partial charge in [-0.25, -0.2) is 0 Å². The van der Waals surface area contributed by atoms with Gasteiger partial charge in [-0.05, 0) is 64.7 Å². The van der Waals surface area contributed by atoms with Crippen LogP contribution in [0.25, 0.3) is 0 Å². The van der Waals surface area contributed by atoms with Gasteiger partial charge in [0, 0.05) is 11.0 Å². The number of carbonyl (C=O) groups excluding carboxylic acids is 1. The van der Waals surface area contributed by atoms with E-state index in [0.717, 1.165) is 40.9 Å². The van der Waals surface area contributed by atoms with Gasteiger partial charge in [-0.3, -0.25) is 4.79 Å². The van der Waals surface area contributed by atoms with Crippen molar-refractivity contribution in [1.82, 2.24) is 4.90 Å². The van der Waals surface area contributed by atoms with Crippen molar-refractivity contribution in [3.63, 3.8) is 0 Å². The van der Waals surface area contributed by atoms with Crippen molar-refractivity contribution >= 4 is 21.8 Å². The molecule has 0 N–H and O–H groups in total. The third-order valence-corrected chi connectivity index (χ3v) is 5.56. The topological polar surface area (TPSA) is 48.0 Å². The zero-order chi connectivity index (χ0) is 18.1. The average molecular weight is 418 g/mol. The van der Waals surface area contributed by atoms with E-state index in [9.17, 15) is 4.79 Å². The molecule has 2 aliphatic heterocycles. The van der Waals surface area contributed by atoms with Crippen LogP contribution in [-0.2, 0) is 0 Å². The summed E-state index contributed by atoms with van der Waals surface area (Å²) in [6.07, 6.45) is 1.92. The molecule has 2 aromatic carbocycles. The molecule has 4 rings (SSSR count). The third-order valence-electron chi connectivity index (χ3n) is 4.87. The van der Waals surface area contributed by atoms with Gasteiger partial charge in [-0.15, -0.1) is 0 Å². The number of ether oxygens (including phenoxy) is 3. The minimum absolute atomic E-state index is 0.00756. The number of fused-ring (bicyclic) bond motifs is 1. The molecule has 136 valence electrons. The number of benzene rings is 2. The third kappa shape index (κ3) is 3.14. The van der Waals surface area contributed by atoms with Crippen LogP contribution in [0.3, 0.4) is 0 Å². The summed E-state index contributed by atoms with van der Waals surface area (Å²) >= 11 is 3.49. The van der Waals surface area contributed by atoms with Gasteiger partial charge in [0.05, 0.1) is 18.7 Å². The number of carbonyl (C=O) groups is 1. The molecule has 1 unspecified atom stereocenters. The summed E-state index contributed by atoms with van der Waals surface area (Å²) < 4.78 is 17.3. The largest absolute Gasteiger partial charge is 0.497 e. The fourth-order valence-electron chi connectivity index (χ4n) is 3.57. The normalized spacial score (nSPS) is 18.7. The van der Waals surface area contributed by atoms with Gasteiger partial charge in [0.1, 0.15) is 19.0 Å². The highest BCUT2D eigenvalue weighted by molar-refractivity contribution is 9.10. The van der Waals surface area contributed by atoms with Crippen LogP contribution in [0.2, 0.25) is 0 Å². The number of amides is 1. The van der Waals surface area contributed by atoms with Crippen LogP contribution < -0.4 is 14.2 Å². The SMILES string of the molecule is COc1ccc(Br)c(C(=O)N2CCCC2c2ccc3c(c2)OCCO3)c1. The number of hydrogen-bond donors (Lipinski definition) is 0. The second kappa shape index (κ2) is 7.19. The van der Waals surface area contributed by atoms with Crippen LogP contribution in [0, 0.1) is 0 Å². The maximum atomic E-state index is 13.2.